The Balaban J connectivity index is 1.71. The van der Waals surface area contributed by atoms with Gasteiger partial charge in [0.2, 0.25) is 0 Å². The molecule has 3 heterocycles. The monoisotopic (exact) mass is 263 g/mol. The van der Waals surface area contributed by atoms with Crippen LogP contribution in [0.2, 0.25) is 0 Å². The normalized spacial score (nSPS) is 27.5. The number of nitrogens with two attached hydrogens (primary N) is 1. The molecular formula is C14H25N5. The van der Waals surface area contributed by atoms with Crippen LogP contribution in [0.1, 0.15) is 38.3 Å². The molecule has 0 radical (unpaired) electrons. The standard InChI is InChI=1S/C14H25N5/c1-3-19-14(13(15)10(2)17-19)16-11-6-8-18-7-4-5-12(18)9-11/h11-12,16H,3-9,15H2,1-2H3. The summed E-state index contributed by atoms with van der Waals surface area (Å²) in [7, 11) is 0. The fraction of sp³-hybridized carbons (Fsp3) is 0.786. The van der Waals surface area contributed by atoms with Crippen molar-refractivity contribution in [3.8, 4) is 0 Å². The maximum atomic E-state index is 6.15. The summed E-state index contributed by atoms with van der Waals surface area (Å²) in [6.45, 7) is 7.47. The lowest BCUT2D eigenvalue weighted by Gasteiger charge is -2.35. The van der Waals surface area contributed by atoms with Crippen LogP contribution in [0.15, 0.2) is 0 Å². The molecule has 2 fully saturated rings. The van der Waals surface area contributed by atoms with Gasteiger partial charge in [-0.25, -0.2) is 4.68 Å². The van der Waals surface area contributed by atoms with Gasteiger partial charge in [-0.3, -0.25) is 0 Å². The van der Waals surface area contributed by atoms with Gasteiger partial charge in [-0.05, 0) is 46.1 Å². The summed E-state index contributed by atoms with van der Waals surface area (Å²) < 4.78 is 1.99. The van der Waals surface area contributed by atoms with Crippen molar-refractivity contribution in [2.45, 2.75) is 58.2 Å². The first-order valence-electron chi connectivity index (χ1n) is 7.52. The number of piperidine rings is 1. The molecule has 0 spiro atoms. The van der Waals surface area contributed by atoms with E-state index in [-0.39, 0.29) is 0 Å². The van der Waals surface area contributed by atoms with Gasteiger partial charge in [0.05, 0.1) is 11.4 Å². The zero-order valence-corrected chi connectivity index (χ0v) is 12.0. The molecule has 2 aliphatic rings. The Kier molecular flexibility index (Phi) is 3.39. The number of aromatic nitrogens is 2. The first-order valence-corrected chi connectivity index (χ1v) is 7.52. The highest BCUT2D eigenvalue weighted by Crippen LogP contribution is 2.30. The van der Waals surface area contributed by atoms with Gasteiger partial charge in [0.1, 0.15) is 5.82 Å². The summed E-state index contributed by atoms with van der Waals surface area (Å²) in [6, 6.07) is 1.33. The molecule has 1 aromatic rings. The van der Waals surface area contributed by atoms with Gasteiger partial charge in [-0.1, -0.05) is 0 Å². The van der Waals surface area contributed by atoms with Crippen LogP contribution in [-0.4, -0.2) is 39.9 Å². The zero-order chi connectivity index (χ0) is 13.4. The smallest absolute Gasteiger partial charge is 0.148 e. The number of rotatable bonds is 3. The Bertz CT molecular complexity index is 453. The van der Waals surface area contributed by atoms with Gasteiger partial charge in [-0.2, -0.15) is 5.10 Å². The quantitative estimate of drug-likeness (QED) is 0.873. The van der Waals surface area contributed by atoms with Gasteiger partial charge in [-0.15, -0.1) is 0 Å². The number of hydrogen-bond donors (Lipinski definition) is 2. The summed E-state index contributed by atoms with van der Waals surface area (Å²) in [6.07, 6.45) is 5.18. The lowest BCUT2D eigenvalue weighted by atomic mass is 9.97. The van der Waals surface area contributed by atoms with Crippen LogP contribution in [0.4, 0.5) is 11.5 Å². The van der Waals surface area contributed by atoms with E-state index in [2.05, 4.69) is 22.2 Å². The molecule has 3 rings (SSSR count). The number of nitrogens with one attached hydrogen (secondary N) is 1. The van der Waals surface area contributed by atoms with Crippen molar-refractivity contribution in [1.82, 2.24) is 14.7 Å². The summed E-state index contributed by atoms with van der Waals surface area (Å²) in [5, 5.41) is 8.13. The maximum Gasteiger partial charge on any atom is 0.148 e. The molecule has 2 saturated heterocycles. The summed E-state index contributed by atoms with van der Waals surface area (Å²) in [5.74, 6) is 1.02. The number of nitrogens with zero attached hydrogens (tertiary/aromatic N) is 3. The van der Waals surface area contributed by atoms with E-state index in [1.165, 1.54) is 38.8 Å². The minimum absolute atomic E-state index is 0.544. The fourth-order valence-electron chi connectivity index (χ4n) is 3.53. The molecule has 2 atom stereocenters. The molecule has 0 aliphatic carbocycles. The van der Waals surface area contributed by atoms with Crippen molar-refractivity contribution in [3.63, 3.8) is 0 Å². The van der Waals surface area contributed by atoms with Crippen LogP contribution in [0, 0.1) is 6.92 Å². The molecule has 0 amide bonds. The lowest BCUT2D eigenvalue weighted by molar-refractivity contribution is 0.188. The maximum absolute atomic E-state index is 6.15. The third-order valence-electron chi connectivity index (χ3n) is 4.63. The number of hydrogen-bond acceptors (Lipinski definition) is 4. The predicted octanol–water partition coefficient (Wildman–Crippen LogP) is 1.83. The van der Waals surface area contributed by atoms with E-state index in [4.69, 9.17) is 5.73 Å². The Hall–Kier alpha value is -1.23. The number of aryl methyl sites for hydroxylation is 2. The van der Waals surface area contributed by atoms with Gasteiger partial charge < -0.3 is 16.0 Å². The van der Waals surface area contributed by atoms with Crippen LogP contribution < -0.4 is 11.1 Å². The van der Waals surface area contributed by atoms with E-state index in [0.717, 1.165) is 29.8 Å². The van der Waals surface area contributed by atoms with Crippen molar-refractivity contribution in [2.75, 3.05) is 24.1 Å². The van der Waals surface area contributed by atoms with Crippen molar-refractivity contribution >= 4 is 11.5 Å². The molecule has 2 aliphatic heterocycles. The van der Waals surface area contributed by atoms with Gasteiger partial charge in [0.15, 0.2) is 0 Å². The average Bonchev–Trinajstić information content (AvgIpc) is 2.98. The molecular weight excluding hydrogens is 238 g/mol. The molecule has 0 bridgehead atoms. The first-order chi connectivity index (χ1) is 9.19. The largest absolute Gasteiger partial charge is 0.394 e. The van der Waals surface area contributed by atoms with Crippen LogP contribution in [0.5, 0.6) is 0 Å². The van der Waals surface area contributed by atoms with E-state index >= 15 is 0 Å². The molecule has 3 N–H and O–H groups in total. The van der Waals surface area contributed by atoms with E-state index in [1.54, 1.807) is 0 Å². The Morgan fingerprint density at radius 2 is 2.21 bits per heavy atom. The van der Waals surface area contributed by atoms with Gasteiger partial charge >= 0.3 is 0 Å². The third kappa shape index (κ3) is 2.31. The number of nitrogen functional groups attached to an aromatic ring is 1. The zero-order valence-electron chi connectivity index (χ0n) is 12.0. The van der Waals surface area contributed by atoms with Crippen LogP contribution in [0.25, 0.3) is 0 Å². The van der Waals surface area contributed by atoms with Gasteiger partial charge in [0.25, 0.3) is 0 Å². The molecule has 1 aromatic heterocycles. The lowest BCUT2D eigenvalue weighted by Crippen LogP contribution is -2.43. The predicted molar refractivity (Wildman–Crippen MR) is 78.3 cm³/mol. The Labute approximate surface area is 115 Å². The second kappa shape index (κ2) is 5.04. The molecule has 106 valence electrons. The number of anilines is 2. The second-order valence-electron chi connectivity index (χ2n) is 5.86. The SMILES string of the molecule is CCn1nc(C)c(N)c1NC1CCN2CCCC2C1. The topological polar surface area (TPSA) is 59.1 Å². The summed E-state index contributed by atoms with van der Waals surface area (Å²) in [4.78, 5) is 2.64. The van der Waals surface area contributed by atoms with E-state index in [1.807, 2.05) is 11.6 Å². The average molecular weight is 263 g/mol. The van der Waals surface area contributed by atoms with Crippen molar-refractivity contribution in [3.05, 3.63) is 5.69 Å². The van der Waals surface area contributed by atoms with Crippen LogP contribution in [0.3, 0.4) is 0 Å². The van der Waals surface area contributed by atoms with E-state index < -0.39 is 0 Å². The van der Waals surface area contributed by atoms with E-state index in [9.17, 15) is 0 Å². The third-order valence-corrected chi connectivity index (χ3v) is 4.63. The molecule has 5 nitrogen and oxygen atoms in total. The van der Waals surface area contributed by atoms with E-state index in [0.29, 0.717) is 6.04 Å². The fourth-order valence-corrected chi connectivity index (χ4v) is 3.53. The van der Waals surface area contributed by atoms with Crippen LogP contribution >= 0.6 is 0 Å². The Morgan fingerprint density at radius 1 is 1.37 bits per heavy atom. The summed E-state index contributed by atoms with van der Waals surface area (Å²) in [5.41, 5.74) is 7.90. The first kappa shape index (κ1) is 12.8. The molecule has 19 heavy (non-hydrogen) atoms. The number of fused-ring (bicyclic) bond motifs is 1. The molecule has 5 heteroatoms. The second-order valence-corrected chi connectivity index (χ2v) is 5.86. The van der Waals surface area contributed by atoms with Gasteiger partial charge in [0, 0.05) is 25.2 Å². The summed E-state index contributed by atoms with van der Waals surface area (Å²) >= 11 is 0. The van der Waals surface area contributed by atoms with Crippen molar-refractivity contribution < 1.29 is 0 Å². The molecule has 2 unspecified atom stereocenters. The highest BCUT2D eigenvalue weighted by molar-refractivity contribution is 5.65. The molecule has 0 aromatic carbocycles. The highest BCUT2D eigenvalue weighted by atomic mass is 15.3. The Morgan fingerprint density at radius 3 is 3.00 bits per heavy atom. The minimum Gasteiger partial charge on any atom is -0.394 e. The van der Waals surface area contributed by atoms with Crippen LogP contribution in [-0.2, 0) is 6.54 Å². The minimum atomic E-state index is 0.544. The molecule has 0 saturated carbocycles. The van der Waals surface area contributed by atoms with Crippen molar-refractivity contribution in [1.29, 1.82) is 0 Å². The van der Waals surface area contributed by atoms with Crippen molar-refractivity contribution in [2.24, 2.45) is 0 Å². The highest BCUT2D eigenvalue weighted by Gasteiger charge is 2.32.